The summed E-state index contributed by atoms with van der Waals surface area (Å²) < 4.78 is 11.6. The number of rotatable bonds is 41. The van der Waals surface area contributed by atoms with Gasteiger partial charge in [0.05, 0.1) is 46.1 Å². The SMILES string of the molecule is CCCCCCCC/C=C\CCCCCCCC(=O)OCCN(CCOC(=O)CCCCCCC/C=C\CCCCCCCC)C(=O)SCC[N+](C)(C)CCO.[Br-]. The van der Waals surface area contributed by atoms with Crippen molar-refractivity contribution in [2.75, 3.05) is 65.8 Å². The first-order valence-corrected chi connectivity index (χ1v) is 24.2. The van der Waals surface area contributed by atoms with Gasteiger partial charge in [-0.1, -0.05) is 153 Å². The van der Waals surface area contributed by atoms with Gasteiger partial charge < -0.3 is 40.9 Å². The molecule has 57 heavy (non-hydrogen) atoms. The lowest BCUT2D eigenvalue weighted by molar-refractivity contribution is -0.888. The highest BCUT2D eigenvalue weighted by Crippen LogP contribution is 2.14. The van der Waals surface area contributed by atoms with Gasteiger partial charge in [0.2, 0.25) is 0 Å². The molecule has 0 aliphatic heterocycles. The minimum atomic E-state index is -0.225. The van der Waals surface area contributed by atoms with Gasteiger partial charge in [0.25, 0.3) is 5.24 Å². The maximum Gasteiger partial charge on any atom is 0.305 e. The molecule has 0 fully saturated rings. The second kappa shape index (κ2) is 44.2. The quantitative estimate of drug-likeness (QED) is 0.0283. The number of esters is 2. The van der Waals surface area contributed by atoms with Gasteiger partial charge in [0.1, 0.15) is 19.8 Å². The number of quaternary nitrogens is 1. The largest absolute Gasteiger partial charge is 1.00 e. The first-order chi connectivity index (χ1) is 27.3. The summed E-state index contributed by atoms with van der Waals surface area (Å²) in [6.45, 7) is 6.77. The van der Waals surface area contributed by atoms with Crippen molar-refractivity contribution in [2.45, 2.75) is 194 Å². The Kier molecular flexibility index (Phi) is 44.8. The number of nitrogens with zero attached hydrogens (tertiary/aromatic N) is 2. The van der Waals surface area contributed by atoms with Crippen LogP contribution in [-0.4, -0.2) is 97.5 Å². The third-order valence-corrected chi connectivity index (χ3v) is 11.3. The smallest absolute Gasteiger partial charge is 0.305 e. The van der Waals surface area contributed by atoms with E-state index in [2.05, 4.69) is 38.2 Å². The molecule has 0 rings (SSSR count). The van der Waals surface area contributed by atoms with Crippen molar-refractivity contribution < 1.29 is 50.4 Å². The lowest BCUT2D eigenvalue weighted by atomic mass is 10.1. The third-order valence-electron chi connectivity index (χ3n) is 10.4. The highest BCUT2D eigenvalue weighted by molar-refractivity contribution is 8.13. The first-order valence-electron chi connectivity index (χ1n) is 23.2. The van der Waals surface area contributed by atoms with Crippen molar-refractivity contribution in [1.82, 2.24) is 4.90 Å². The molecule has 0 saturated carbocycles. The minimum Gasteiger partial charge on any atom is -1.00 e. The van der Waals surface area contributed by atoms with Crippen molar-refractivity contribution in [2.24, 2.45) is 0 Å². The highest BCUT2D eigenvalue weighted by Gasteiger charge is 2.19. The maximum atomic E-state index is 13.1. The Morgan fingerprint density at radius 2 is 0.895 bits per heavy atom. The van der Waals surface area contributed by atoms with Gasteiger partial charge >= 0.3 is 11.9 Å². The zero-order valence-corrected chi connectivity index (χ0v) is 39.8. The summed E-state index contributed by atoms with van der Waals surface area (Å²) in [6.07, 6.45) is 41.7. The molecule has 0 bridgehead atoms. The van der Waals surface area contributed by atoms with Crippen LogP contribution in [0.5, 0.6) is 0 Å². The second-order valence-electron chi connectivity index (χ2n) is 16.3. The van der Waals surface area contributed by atoms with Gasteiger partial charge in [-0.05, 0) is 64.2 Å². The lowest BCUT2D eigenvalue weighted by Crippen LogP contribution is -3.00. The number of aliphatic hydroxyl groups is 1. The van der Waals surface area contributed by atoms with E-state index in [4.69, 9.17) is 9.47 Å². The Hall–Kier alpha value is -1.36. The summed E-state index contributed by atoms with van der Waals surface area (Å²) in [4.78, 5) is 39.6. The molecule has 0 aliphatic carbocycles. The van der Waals surface area contributed by atoms with E-state index in [0.29, 0.717) is 29.6 Å². The number of amides is 1. The Morgan fingerprint density at radius 3 is 1.26 bits per heavy atom. The molecule has 336 valence electrons. The summed E-state index contributed by atoms with van der Waals surface area (Å²) in [7, 11) is 4.06. The molecule has 8 nitrogen and oxygen atoms in total. The monoisotopic (exact) mass is 889 g/mol. The summed E-state index contributed by atoms with van der Waals surface area (Å²) in [5, 5.41) is 9.21. The van der Waals surface area contributed by atoms with Crippen LogP contribution in [0.1, 0.15) is 194 Å². The molecule has 0 spiro atoms. The van der Waals surface area contributed by atoms with Crippen molar-refractivity contribution in [1.29, 1.82) is 0 Å². The predicted molar refractivity (Wildman–Crippen MR) is 239 cm³/mol. The summed E-state index contributed by atoms with van der Waals surface area (Å²) >= 11 is 1.22. The number of aliphatic hydroxyl groups excluding tert-OH is 1. The van der Waals surface area contributed by atoms with Crippen molar-refractivity contribution >= 4 is 28.9 Å². The van der Waals surface area contributed by atoms with Crippen LogP contribution in [-0.2, 0) is 19.1 Å². The number of halogens is 1. The Bertz CT molecular complexity index is 922. The summed E-state index contributed by atoms with van der Waals surface area (Å²) in [5.41, 5.74) is 0. The minimum absolute atomic E-state index is 0. The van der Waals surface area contributed by atoms with E-state index in [-0.39, 0.29) is 67.1 Å². The number of thioether (sulfide) groups is 1. The Morgan fingerprint density at radius 1 is 0.544 bits per heavy atom. The number of allylic oxidation sites excluding steroid dienone is 4. The number of ether oxygens (including phenoxy) is 2. The zero-order chi connectivity index (χ0) is 41.2. The van der Waals surface area contributed by atoms with E-state index in [1.807, 2.05) is 14.1 Å². The molecule has 0 aromatic heterocycles. The van der Waals surface area contributed by atoms with E-state index in [1.54, 1.807) is 4.90 Å². The van der Waals surface area contributed by atoms with Gasteiger partial charge in [0, 0.05) is 12.8 Å². The van der Waals surface area contributed by atoms with Crippen LogP contribution < -0.4 is 17.0 Å². The number of likely N-dealkylation sites (N-methyl/N-ethyl adjacent to an activating group) is 1. The molecule has 0 heterocycles. The Labute approximate surface area is 366 Å². The first kappa shape index (κ1) is 57.7. The van der Waals surface area contributed by atoms with Gasteiger partial charge in [-0.25, -0.2) is 0 Å². The molecule has 0 aromatic rings. The Balaban J connectivity index is 0. The fraction of sp³-hybridized carbons (Fsp3) is 0.851. The fourth-order valence-corrected chi connectivity index (χ4v) is 7.64. The number of unbranched alkanes of at least 4 members (excludes halogenated alkanes) is 22. The van der Waals surface area contributed by atoms with E-state index in [9.17, 15) is 19.5 Å². The normalized spacial score (nSPS) is 11.7. The average Bonchev–Trinajstić information content (AvgIpc) is 3.17. The van der Waals surface area contributed by atoms with Crippen LogP contribution in [0.15, 0.2) is 24.3 Å². The maximum absolute atomic E-state index is 13.1. The molecule has 0 aromatic carbocycles. The molecule has 0 saturated heterocycles. The van der Waals surface area contributed by atoms with E-state index in [0.717, 1.165) is 57.9 Å². The second-order valence-corrected chi connectivity index (χ2v) is 17.4. The number of hydrogen-bond donors (Lipinski definition) is 1. The number of hydrogen-bond acceptors (Lipinski definition) is 7. The van der Waals surface area contributed by atoms with Crippen LogP contribution in [0.3, 0.4) is 0 Å². The summed E-state index contributed by atoms with van der Waals surface area (Å²) in [6, 6.07) is 0. The third kappa shape index (κ3) is 42.6. The standard InChI is InChI=1S/C47H89N2O6S.BrH/c1-5-7-9-11-13-15-17-19-21-23-25-27-29-31-33-35-45(51)54-42-37-48(47(53)56-44-40-49(3,4)39-41-50)38-43-55-46(52)36-34-32-30-28-26-24-22-20-18-16-14-12-10-8-6-2;/h19-22,50H,5-18,23-44H2,1-4H3;1H/q+1;/p-1/b21-19-,22-20-;. The molecular weight excluding hydrogens is 800 g/mol. The molecule has 0 unspecified atom stereocenters. The topological polar surface area (TPSA) is 93.1 Å². The van der Waals surface area contributed by atoms with Gasteiger partial charge in [-0.2, -0.15) is 0 Å². The van der Waals surface area contributed by atoms with E-state index < -0.39 is 0 Å². The number of carbonyl (C=O) groups excluding carboxylic acids is 3. The molecule has 10 heteroatoms. The van der Waals surface area contributed by atoms with Crippen LogP contribution in [0.25, 0.3) is 0 Å². The fourth-order valence-electron chi connectivity index (χ4n) is 6.51. The molecular formula is C47H89BrN2O6S. The van der Waals surface area contributed by atoms with Crippen LogP contribution in [0.2, 0.25) is 0 Å². The number of carbonyl (C=O) groups is 3. The van der Waals surface area contributed by atoms with Crippen LogP contribution >= 0.6 is 11.8 Å². The van der Waals surface area contributed by atoms with Gasteiger partial charge in [0.15, 0.2) is 0 Å². The lowest BCUT2D eigenvalue weighted by Gasteiger charge is -2.29. The molecule has 1 N–H and O–H groups in total. The van der Waals surface area contributed by atoms with Crippen LogP contribution in [0.4, 0.5) is 4.79 Å². The molecule has 0 aliphatic rings. The van der Waals surface area contributed by atoms with Gasteiger partial charge in [-0.3, -0.25) is 14.4 Å². The zero-order valence-electron chi connectivity index (χ0n) is 37.4. The molecule has 1 amide bonds. The highest BCUT2D eigenvalue weighted by atomic mass is 79.9. The van der Waals surface area contributed by atoms with Crippen molar-refractivity contribution in [3.63, 3.8) is 0 Å². The molecule has 0 atom stereocenters. The van der Waals surface area contributed by atoms with Crippen molar-refractivity contribution in [3.05, 3.63) is 24.3 Å². The van der Waals surface area contributed by atoms with E-state index in [1.165, 1.54) is 127 Å². The predicted octanol–water partition coefficient (Wildman–Crippen LogP) is 9.38. The van der Waals surface area contributed by atoms with Gasteiger partial charge in [-0.15, -0.1) is 0 Å². The average molecular weight is 890 g/mol. The summed E-state index contributed by atoms with van der Waals surface area (Å²) in [5.74, 6) is 0.154. The van der Waals surface area contributed by atoms with Crippen molar-refractivity contribution in [3.8, 4) is 0 Å². The molecule has 0 radical (unpaired) electrons. The van der Waals surface area contributed by atoms with E-state index >= 15 is 0 Å². The van der Waals surface area contributed by atoms with Crippen LogP contribution in [0, 0.1) is 0 Å².